The van der Waals surface area contributed by atoms with Gasteiger partial charge in [-0.1, -0.05) is 32.1 Å². The Kier molecular flexibility index (Phi) is 3.76. The third-order valence-electron chi connectivity index (χ3n) is 3.51. The van der Waals surface area contributed by atoms with Crippen molar-refractivity contribution in [1.82, 2.24) is 4.98 Å². The molecule has 1 fully saturated rings. The van der Waals surface area contributed by atoms with Crippen molar-refractivity contribution in [2.75, 3.05) is 11.4 Å². The standard InChI is InChI=1S/C14H22N2OS/c1-10-7-5-6-8-16(10)13-15-12(14(2,3)4)11(9-17)18-13/h9-10H,5-8H2,1-4H3. The minimum Gasteiger partial charge on any atom is -0.345 e. The second kappa shape index (κ2) is 5.00. The van der Waals surface area contributed by atoms with Crippen LogP contribution in [0.25, 0.3) is 0 Å². The molecule has 0 aromatic carbocycles. The maximum atomic E-state index is 11.2. The van der Waals surface area contributed by atoms with Crippen LogP contribution in [-0.4, -0.2) is 23.9 Å². The van der Waals surface area contributed by atoms with E-state index >= 15 is 0 Å². The number of rotatable bonds is 2. The first-order valence-electron chi connectivity index (χ1n) is 6.66. The van der Waals surface area contributed by atoms with E-state index in [1.54, 1.807) is 11.3 Å². The molecule has 2 rings (SSSR count). The van der Waals surface area contributed by atoms with E-state index in [2.05, 4.69) is 32.6 Å². The van der Waals surface area contributed by atoms with E-state index in [9.17, 15) is 4.79 Å². The number of carbonyl (C=O) groups excluding carboxylic acids is 1. The predicted molar refractivity (Wildman–Crippen MR) is 76.9 cm³/mol. The SMILES string of the molecule is CC1CCCCN1c1nc(C(C)(C)C)c(C=O)s1. The molecule has 1 aromatic heterocycles. The Morgan fingerprint density at radius 1 is 1.39 bits per heavy atom. The first kappa shape index (κ1) is 13.5. The molecule has 1 unspecified atom stereocenters. The van der Waals surface area contributed by atoms with E-state index in [4.69, 9.17) is 4.98 Å². The molecule has 1 saturated heterocycles. The summed E-state index contributed by atoms with van der Waals surface area (Å²) in [5.74, 6) is 0. The highest BCUT2D eigenvalue weighted by molar-refractivity contribution is 7.17. The van der Waals surface area contributed by atoms with Crippen LogP contribution in [-0.2, 0) is 5.41 Å². The number of hydrogen-bond donors (Lipinski definition) is 0. The summed E-state index contributed by atoms with van der Waals surface area (Å²) in [7, 11) is 0. The molecular weight excluding hydrogens is 244 g/mol. The molecular formula is C14H22N2OS. The van der Waals surface area contributed by atoms with Gasteiger partial charge in [0.1, 0.15) is 0 Å². The van der Waals surface area contributed by atoms with Crippen LogP contribution in [0, 0.1) is 0 Å². The summed E-state index contributed by atoms with van der Waals surface area (Å²) in [6.45, 7) is 9.64. The van der Waals surface area contributed by atoms with Crippen LogP contribution in [0.3, 0.4) is 0 Å². The van der Waals surface area contributed by atoms with Crippen LogP contribution in [0.1, 0.15) is 62.3 Å². The van der Waals surface area contributed by atoms with Gasteiger partial charge in [-0.05, 0) is 26.2 Å². The normalized spacial score (nSPS) is 21.1. The summed E-state index contributed by atoms with van der Waals surface area (Å²) in [4.78, 5) is 19.1. The molecule has 2 heterocycles. The van der Waals surface area contributed by atoms with Gasteiger partial charge in [-0.25, -0.2) is 4.98 Å². The third-order valence-corrected chi connectivity index (χ3v) is 4.53. The first-order chi connectivity index (χ1) is 8.43. The van der Waals surface area contributed by atoms with E-state index in [0.717, 1.165) is 28.5 Å². The van der Waals surface area contributed by atoms with Gasteiger partial charge >= 0.3 is 0 Å². The van der Waals surface area contributed by atoms with Crippen molar-refractivity contribution in [3.63, 3.8) is 0 Å². The molecule has 100 valence electrons. The number of aldehydes is 1. The second-order valence-corrected chi connectivity index (χ2v) is 7.12. The number of hydrogen-bond acceptors (Lipinski definition) is 4. The van der Waals surface area contributed by atoms with Gasteiger partial charge < -0.3 is 4.90 Å². The topological polar surface area (TPSA) is 33.2 Å². The number of thiazole rings is 1. The lowest BCUT2D eigenvalue weighted by Crippen LogP contribution is -2.37. The summed E-state index contributed by atoms with van der Waals surface area (Å²) in [5.41, 5.74) is 0.875. The Morgan fingerprint density at radius 3 is 2.61 bits per heavy atom. The summed E-state index contributed by atoms with van der Waals surface area (Å²) in [6.07, 6.45) is 4.71. The van der Waals surface area contributed by atoms with Crippen LogP contribution < -0.4 is 4.90 Å². The molecule has 0 radical (unpaired) electrons. The van der Waals surface area contributed by atoms with Crippen molar-refractivity contribution in [3.8, 4) is 0 Å². The molecule has 0 aliphatic carbocycles. The Bertz CT molecular complexity index is 433. The number of piperidine rings is 1. The molecule has 18 heavy (non-hydrogen) atoms. The number of aromatic nitrogens is 1. The minimum atomic E-state index is -0.0655. The van der Waals surface area contributed by atoms with Crippen molar-refractivity contribution >= 4 is 22.8 Å². The number of nitrogens with zero attached hydrogens (tertiary/aromatic N) is 2. The molecule has 0 spiro atoms. The van der Waals surface area contributed by atoms with Crippen molar-refractivity contribution < 1.29 is 4.79 Å². The summed E-state index contributed by atoms with van der Waals surface area (Å²) >= 11 is 1.54. The van der Waals surface area contributed by atoms with E-state index in [1.807, 2.05) is 0 Å². The van der Waals surface area contributed by atoms with Gasteiger partial charge in [0.25, 0.3) is 0 Å². The molecule has 3 nitrogen and oxygen atoms in total. The maximum Gasteiger partial charge on any atom is 0.186 e. The minimum absolute atomic E-state index is 0.0655. The smallest absolute Gasteiger partial charge is 0.186 e. The highest BCUT2D eigenvalue weighted by atomic mass is 32.1. The Hall–Kier alpha value is -0.900. The molecule has 4 heteroatoms. The Balaban J connectivity index is 2.34. The zero-order chi connectivity index (χ0) is 13.3. The first-order valence-corrected chi connectivity index (χ1v) is 7.48. The van der Waals surface area contributed by atoms with Gasteiger partial charge in [0.05, 0.1) is 10.6 Å². The van der Waals surface area contributed by atoms with Crippen molar-refractivity contribution in [2.24, 2.45) is 0 Å². The van der Waals surface area contributed by atoms with Gasteiger partial charge in [-0.15, -0.1) is 0 Å². The monoisotopic (exact) mass is 266 g/mol. The van der Waals surface area contributed by atoms with E-state index < -0.39 is 0 Å². The zero-order valence-electron chi connectivity index (χ0n) is 11.7. The third kappa shape index (κ3) is 2.58. The molecule has 1 atom stereocenters. The summed E-state index contributed by atoms with van der Waals surface area (Å²) in [6, 6.07) is 0.539. The average Bonchev–Trinajstić information content (AvgIpc) is 2.73. The molecule has 1 aromatic rings. The van der Waals surface area contributed by atoms with Crippen molar-refractivity contribution in [3.05, 3.63) is 10.6 Å². The van der Waals surface area contributed by atoms with Crippen LogP contribution in [0.4, 0.5) is 5.13 Å². The fraction of sp³-hybridized carbons (Fsp3) is 0.714. The fourth-order valence-electron chi connectivity index (χ4n) is 2.44. The highest BCUT2D eigenvalue weighted by Crippen LogP contribution is 2.35. The van der Waals surface area contributed by atoms with Gasteiger partial charge in [0.2, 0.25) is 0 Å². The highest BCUT2D eigenvalue weighted by Gasteiger charge is 2.27. The van der Waals surface area contributed by atoms with E-state index in [1.165, 1.54) is 19.3 Å². The van der Waals surface area contributed by atoms with Gasteiger partial charge in [-0.2, -0.15) is 0 Å². The Labute approximate surface area is 113 Å². The van der Waals surface area contributed by atoms with Gasteiger partial charge in [0, 0.05) is 18.0 Å². The summed E-state index contributed by atoms with van der Waals surface area (Å²) in [5, 5.41) is 1.02. The molecule has 1 aliphatic rings. The molecule has 0 saturated carbocycles. The maximum absolute atomic E-state index is 11.2. The van der Waals surface area contributed by atoms with Gasteiger partial charge in [-0.3, -0.25) is 4.79 Å². The fourth-order valence-corrected chi connectivity index (χ4v) is 3.66. The summed E-state index contributed by atoms with van der Waals surface area (Å²) < 4.78 is 0. The largest absolute Gasteiger partial charge is 0.345 e. The van der Waals surface area contributed by atoms with Gasteiger partial charge in [0.15, 0.2) is 11.4 Å². The number of anilines is 1. The van der Waals surface area contributed by atoms with Crippen LogP contribution in [0.2, 0.25) is 0 Å². The lowest BCUT2D eigenvalue weighted by atomic mass is 9.91. The quantitative estimate of drug-likeness (QED) is 0.766. The second-order valence-electron chi connectivity index (χ2n) is 6.12. The predicted octanol–water partition coefficient (Wildman–Crippen LogP) is 3.63. The zero-order valence-corrected chi connectivity index (χ0v) is 12.5. The van der Waals surface area contributed by atoms with Crippen LogP contribution in [0.15, 0.2) is 0 Å². The van der Waals surface area contributed by atoms with Crippen LogP contribution >= 0.6 is 11.3 Å². The Morgan fingerprint density at radius 2 is 2.11 bits per heavy atom. The van der Waals surface area contributed by atoms with Crippen molar-refractivity contribution in [2.45, 2.75) is 58.4 Å². The lowest BCUT2D eigenvalue weighted by molar-refractivity contribution is 0.112. The lowest BCUT2D eigenvalue weighted by Gasteiger charge is -2.33. The molecule has 1 aliphatic heterocycles. The van der Waals surface area contributed by atoms with Crippen LogP contribution in [0.5, 0.6) is 0 Å². The average molecular weight is 266 g/mol. The van der Waals surface area contributed by atoms with E-state index in [-0.39, 0.29) is 5.41 Å². The van der Waals surface area contributed by atoms with Crippen molar-refractivity contribution in [1.29, 1.82) is 0 Å². The molecule has 0 amide bonds. The molecule has 0 bridgehead atoms. The molecule has 0 N–H and O–H groups in total. The van der Waals surface area contributed by atoms with E-state index in [0.29, 0.717) is 6.04 Å². The number of carbonyl (C=O) groups is 1.